The molecule has 3 aromatic rings. The zero-order chi connectivity index (χ0) is 27.8. The third kappa shape index (κ3) is 5.30. The topological polar surface area (TPSA) is 127 Å². The molecular weight excluding hydrogens is 486 g/mol. The summed E-state index contributed by atoms with van der Waals surface area (Å²) in [6.07, 6.45) is 1.07. The van der Waals surface area contributed by atoms with E-state index in [1.165, 1.54) is 11.6 Å². The Labute approximate surface area is 221 Å². The maximum atomic E-state index is 13.5. The fourth-order valence-electron chi connectivity index (χ4n) is 4.85. The van der Waals surface area contributed by atoms with E-state index in [0.29, 0.717) is 35.8 Å². The van der Waals surface area contributed by atoms with E-state index in [-0.39, 0.29) is 18.6 Å². The first-order chi connectivity index (χ1) is 17.9. The van der Waals surface area contributed by atoms with E-state index in [9.17, 15) is 19.6 Å². The minimum atomic E-state index is -0.610. The molecule has 0 radical (unpaired) electrons. The van der Waals surface area contributed by atoms with Crippen LogP contribution in [-0.4, -0.2) is 49.5 Å². The number of imidazole rings is 1. The van der Waals surface area contributed by atoms with Gasteiger partial charge in [-0.2, -0.15) is 10.2 Å². The number of nitriles is 1. The molecule has 11 heteroatoms. The lowest BCUT2D eigenvalue weighted by Crippen LogP contribution is -2.49. The fourth-order valence-corrected chi connectivity index (χ4v) is 4.85. The monoisotopic (exact) mass is 521 g/mol. The van der Waals surface area contributed by atoms with Crippen LogP contribution in [0.3, 0.4) is 0 Å². The van der Waals surface area contributed by atoms with Gasteiger partial charge < -0.3 is 15.0 Å². The lowest BCUT2D eigenvalue weighted by Gasteiger charge is -2.34. The molecule has 1 unspecified atom stereocenters. The number of nitrogens with one attached hydrogen (secondary N) is 1. The van der Waals surface area contributed by atoms with Crippen LogP contribution >= 0.6 is 0 Å². The molecule has 1 N–H and O–H groups in total. The van der Waals surface area contributed by atoms with Crippen molar-refractivity contribution in [3.63, 3.8) is 0 Å². The molecule has 2 aromatic heterocycles. The maximum absolute atomic E-state index is 13.5. The Hall–Kier alpha value is -4.07. The number of anilines is 1. The lowest BCUT2D eigenvalue weighted by molar-refractivity contribution is 0.0499. The second-order valence-electron chi connectivity index (χ2n) is 11.0. The van der Waals surface area contributed by atoms with Gasteiger partial charge in [-0.1, -0.05) is 18.2 Å². The average molecular weight is 522 g/mol. The second-order valence-corrected chi connectivity index (χ2v) is 11.0. The van der Waals surface area contributed by atoms with Crippen LogP contribution in [0.5, 0.6) is 0 Å². The number of hydrogen-bond donors (Lipinski definition) is 1. The fraction of sp³-hybridized carbons (Fsp3) is 0.519. The molecule has 202 valence electrons. The van der Waals surface area contributed by atoms with E-state index >= 15 is 0 Å². The summed E-state index contributed by atoms with van der Waals surface area (Å²) < 4.78 is 9.86. The highest BCUT2D eigenvalue weighted by Gasteiger charge is 2.30. The smallest absolute Gasteiger partial charge is 0.407 e. The van der Waals surface area contributed by atoms with Crippen molar-refractivity contribution >= 4 is 23.2 Å². The average Bonchev–Trinajstić information content (AvgIpc) is 3.20. The van der Waals surface area contributed by atoms with Crippen LogP contribution in [0, 0.1) is 11.3 Å². The van der Waals surface area contributed by atoms with Crippen LogP contribution in [0.2, 0.25) is 0 Å². The molecule has 1 aliphatic rings. The number of hydrogen-bond acceptors (Lipinski definition) is 7. The summed E-state index contributed by atoms with van der Waals surface area (Å²) in [5.74, 6) is 0.514. The summed E-state index contributed by atoms with van der Waals surface area (Å²) in [6.45, 7) is 10.5. The third-order valence-electron chi connectivity index (χ3n) is 6.57. The molecule has 0 bridgehead atoms. The first-order valence-corrected chi connectivity index (χ1v) is 12.9. The first-order valence-electron chi connectivity index (χ1n) is 12.9. The third-order valence-corrected chi connectivity index (χ3v) is 6.57. The highest BCUT2D eigenvalue weighted by Crippen LogP contribution is 2.26. The van der Waals surface area contributed by atoms with Gasteiger partial charge in [-0.25, -0.2) is 9.59 Å². The van der Waals surface area contributed by atoms with E-state index < -0.39 is 22.9 Å². The lowest BCUT2D eigenvalue weighted by atomic mass is 10.1. The standard InChI is InChI=1S/C27H35N7O4/c1-17(2)34-22-21(23(35)31(6)26(34)37)33(15-19-11-8-7-10-18(19)14-28)24(30-22)32-13-9-12-20(16-32)29-25(36)38-27(3,4)5/h7-8,10-11,17,20H,9,12-13,15-16H2,1-6H3,(H,29,36). The van der Waals surface area contributed by atoms with Gasteiger partial charge in [0.25, 0.3) is 5.56 Å². The number of carbonyl (C=O) groups is 1. The number of benzene rings is 1. The summed E-state index contributed by atoms with van der Waals surface area (Å²) >= 11 is 0. The van der Waals surface area contributed by atoms with E-state index in [1.807, 2.05) is 51.7 Å². The molecule has 1 fully saturated rings. The Morgan fingerprint density at radius 2 is 1.97 bits per heavy atom. The quantitative estimate of drug-likeness (QED) is 0.547. The largest absolute Gasteiger partial charge is 0.444 e. The molecule has 11 nitrogen and oxygen atoms in total. The molecule has 0 aliphatic carbocycles. The van der Waals surface area contributed by atoms with Gasteiger partial charge in [0, 0.05) is 32.2 Å². The molecule has 0 spiro atoms. The van der Waals surface area contributed by atoms with Crippen molar-refractivity contribution in [2.24, 2.45) is 7.05 Å². The second kappa shape index (κ2) is 10.4. The number of carbonyl (C=O) groups excluding carboxylic acids is 1. The van der Waals surface area contributed by atoms with E-state index in [1.54, 1.807) is 16.7 Å². The van der Waals surface area contributed by atoms with Crippen LogP contribution in [0.15, 0.2) is 33.9 Å². The summed E-state index contributed by atoms with van der Waals surface area (Å²) in [6, 6.07) is 9.02. The van der Waals surface area contributed by atoms with E-state index in [2.05, 4.69) is 11.4 Å². The Balaban J connectivity index is 1.84. The van der Waals surface area contributed by atoms with Gasteiger partial charge in [-0.15, -0.1) is 0 Å². The maximum Gasteiger partial charge on any atom is 0.407 e. The van der Waals surface area contributed by atoms with Crippen molar-refractivity contribution in [3.05, 3.63) is 56.2 Å². The van der Waals surface area contributed by atoms with Gasteiger partial charge in [0.15, 0.2) is 11.2 Å². The van der Waals surface area contributed by atoms with Gasteiger partial charge in [-0.3, -0.25) is 18.5 Å². The Morgan fingerprint density at radius 1 is 1.26 bits per heavy atom. The minimum Gasteiger partial charge on any atom is -0.444 e. The zero-order valence-electron chi connectivity index (χ0n) is 22.8. The van der Waals surface area contributed by atoms with E-state index in [4.69, 9.17) is 9.72 Å². The molecular formula is C27H35N7O4. The molecule has 1 atom stereocenters. The number of alkyl carbamates (subject to hydrolysis) is 1. The SMILES string of the molecule is CC(C)n1c(=O)n(C)c(=O)c2c1nc(N1CCCC(NC(=O)OC(C)(C)C)C1)n2Cc1ccccc1C#N. The van der Waals surface area contributed by atoms with Gasteiger partial charge in [-0.05, 0) is 59.1 Å². The van der Waals surface area contributed by atoms with Crippen LogP contribution in [-0.2, 0) is 18.3 Å². The van der Waals surface area contributed by atoms with Gasteiger partial charge >= 0.3 is 11.8 Å². The van der Waals surface area contributed by atoms with Crippen molar-refractivity contribution in [1.29, 1.82) is 5.26 Å². The zero-order valence-corrected chi connectivity index (χ0v) is 22.8. The van der Waals surface area contributed by atoms with Crippen molar-refractivity contribution in [2.75, 3.05) is 18.0 Å². The molecule has 4 rings (SSSR count). The molecule has 0 saturated carbocycles. The number of fused-ring (bicyclic) bond motifs is 1. The Bertz CT molecular complexity index is 1520. The molecule has 1 amide bonds. The van der Waals surface area contributed by atoms with Crippen molar-refractivity contribution in [1.82, 2.24) is 24.0 Å². The molecule has 1 aliphatic heterocycles. The number of nitrogens with zero attached hydrogens (tertiary/aromatic N) is 6. The normalized spacial score (nSPS) is 16.1. The van der Waals surface area contributed by atoms with Gasteiger partial charge in [0.2, 0.25) is 5.95 Å². The summed E-state index contributed by atoms with van der Waals surface area (Å²) in [4.78, 5) is 45.8. The van der Waals surface area contributed by atoms with Gasteiger partial charge in [0.1, 0.15) is 5.60 Å². The molecule has 3 heterocycles. The van der Waals surface area contributed by atoms with Crippen LogP contribution in [0.1, 0.15) is 64.6 Å². The van der Waals surface area contributed by atoms with Crippen molar-refractivity contribution in [3.8, 4) is 6.07 Å². The summed E-state index contributed by atoms with van der Waals surface area (Å²) in [5, 5.41) is 12.6. The number of rotatable bonds is 5. The van der Waals surface area contributed by atoms with Crippen LogP contribution in [0.4, 0.5) is 10.7 Å². The number of piperidine rings is 1. The summed E-state index contributed by atoms with van der Waals surface area (Å²) in [5.41, 5.74) is 0.342. The highest BCUT2D eigenvalue weighted by molar-refractivity contribution is 5.75. The first kappa shape index (κ1) is 27.0. The Kier molecular flexibility index (Phi) is 7.35. The van der Waals surface area contributed by atoms with E-state index in [0.717, 1.165) is 23.0 Å². The Morgan fingerprint density at radius 3 is 2.63 bits per heavy atom. The van der Waals surface area contributed by atoms with Gasteiger partial charge in [0.05, 0.1) is 18.2 Å². The number of amides is 1. The van der Waals surface area contributed by atoms with Crippen molar-refractivity contribution in [2.45, 2.75) is 71.7 Å². The molecule has 1 aromatic carbocycles. The highest BCUT2D eigenvalue weighted by atomic mass is 16.6. The number of ether oxygens (including phenoxy) is 1. The molecule has 1 saturated heterocycles. The van der Waals surface area contributed by atoms with Crippen LogP contribution < -0.4 is 21.5 Å². The minimum absolute atomic E-state index is 0.187. The van der Waals surface area contributed by atoms with Crippen LogP contribution in [0.25, 0.3) is 11.2 Å². The predicted molar refractivity (Wildman–Crippen MR) is 144 cm³/mol. The van der Waals surface area contributed by atoms with Crippen molar-refractivity contribution < 1.29 is 9.53 Å². The predicted octanol–water partition coefficient (Wildman–Crippen LogP) is 2.89. The molecule has 38 heavy (non-hydrogen) atoms. The summed E-state index contributed by atoms with van der Waals surface area (Å²) in [7, 11) is 1.46. The number of aromatic nitrogens is 4.